The first-order valence-electron chi connectivity index (χ1n) is 5.78. The Morgan fingerprint density at radius 3 is 2.60 bits per heavy atom. The molecule has 104 valence electrons. The highest BCUT2D eigenvalue weighted by molar-refractivity contribution is 5.52. The van der Waals surface area contributed by atoms with Gasteiger partial charge in [0.1, 0.15) is 0 Å². The lowest BCUT2D eigenvalue weighted by molar-refractivity contribution is -0.137. The molecular weight excluding hydrogens is 271 g/mol. The van der Waals surface area contributed by atoms with Crippen LogP contribution < -0.4 is 0 Å². The second-order valence-electron chi connectivity index (χ2n) is 4.15. The molecule has 20 heavy (non-hydrogen) atoms. The van der Waals surface area contributed by atoms with Gasteiger partial charge in [-0.3, -0.25) is 0 Å². The van der Waals surface area contributed by atoms with Gasteiger partial charge in [0.25, 0.3) is 0 Å². The van der Waals surface area contributed by atoms with Crippen LogP contribution in [0.2, 0.25) is 0 Å². The van der Waals surface area contributed by atoms with Crippen molar-refractivity contribution in [3.8, 4) is 11.8 Å². The van der Waals surface area contributed by atoms with Crippen molar-refractivity contribution in [2.45, 2.75) is 26.4 Å². The van der Waals surface area contributed by atoms with Crippen LogP contribution in [0.4, 0.5) is 13.2 Å². The SMILES string of the molecule is CCc1nnnn1-c1cc(C(F)(F)F)c(C#N)cc1C. The lowest BCUT2D eigenvalue weighted by atomic mass is 10.0. The van der Waals surface area contributed by atoms with Gasteiger partial charge in [0, 0.05) is 6.42 Å². The number of hydrogen-bond donors (Lipinski definition) is 0. The monoisotopic (exact) mass is 281 g/mol. The molecule has 0 aliphatic rings. The summed E-state index contributed by atoms with van der Waals surface area (Å²) in [7, 11) is 0. The molecule has 5 nitrogen and oxygen atoms in total. The number of nitrogens with zero attached hydrogens (tertiary/aromatic N) is 5. The van der Waals surface area contributed by atoms with Crippen LogP contribution in [-0.4, -0.2) is 20.2 Å². The number of alkyl halides is 3. The molecule has 0 amide bonds. The van der Waals surface area contributed by atoms with Crippen molar-refractivity contribution < 1.29 is 13.2 Å². The first-order chi connectivity index (χ1) is 9.38. The Morgan fingerprint density at radius 2 is 2.05 bits per heavy atom. The first kappa shape index (κ1) is 14.0. The van der Waals surface area contributed by atoms with Gasteiger partial charge in [-0.2, -0.15) is 23.1 Å². The third kappa shape index (κ3) is 2.34. The summed E-state index contributed by atoms with van der Waals surface area (Å²) < 4.78 is 40.1. The summed E-state index contributed by atoms with van der Waals surface area (Å²) in [5, 5.41) is 19.7. The molecule has 0 fully saturated rings. The van der Waals surface area contributed by atoms with Gasteiger partial charge in [0.05, 0.1) is 22.9 Å². The number of hydrogen-bond acceptors (Lipinski definition) is 4. The topological polar surface area (TPSA) is 67.4 Å². The van der Waals surface area contributed by atoms with Crippen LogP contribution >= 0.6 is 0 Å². The average Bonchev–Trinajstić information content (AvgIpc) is 2.84. The second kappa shape index (κ2) is 4.92. The molecule has 0 radical (unpaired) electrons. The summed E-state index contributed by atoms with van der Waals surface area (Å²) >= 11 is 0. The zero-order valence-electron chi connectivity index (χ0n) is 10.7. The van der Waals surface area contributed by atoms with Gasteiger partial charge >= 0.3 is 6.18 Å². The molecule has 2 aromatic rings. The Bertz CT molecular complexity index is 681. The smallest absolute Gasteiger partial charge is 0.197 e. The lowest BCUT2D eigenvalue weighted by Crippen LogP contribution is -2.12. The Hall–Kier alpha value is -2.43. The summed E-state index contributed by atoms with van der Waals surface area (Å²) in [5.41, 5.74) is -0.683. The number of benzene rings is 1. The van der Waals surface area contributed by atoms with E-state index in [1.807, 2.05) is 0 Å². The molecule has 0 aliphatic heterocycles. The van der Waals surface area contributed by atoms with E-state index < -0.39 is 17.3 Å². The summed E-state index contributed by atoms with van der Waals surface area (Å²) in [6, 6.07) is 3.66. The maximum absolute atomic E-state index is 13.0. The van der Waals surface area contributed by atoms with Crippen LogP contribution in [0, 0.1) is 18.3 Å². The fourth-order valence-corrected chi connectivity index (χ4v) is 1.87. The highest BCUT2D eigenvalue weighted by Gasteiger charge is 2.34. The molecule has 0 bridgehead atoms. The van der Waals surface area contributed by atoms with Crippen molar-refractivity contribution in [2.24, 2.45) is 0 Å². The van der Waals surface area contributed by atoms with E-state index in [2.05, 4.69) is 15.5 Å². The van der Waals surface area contributed by atoms with E-state index >= 15 is 0 Å². The van der Waals surface area contributed by atoms with Crippen LogP contribution in [0.3, 0.4) is 0 Å². The molecule has 0 aliphatic carbocycles. The third-order valence-corrected chi connectivity index (χ3v) is 2.84. The number of nitriles is 1. The van der Waals surface area contributed by atoms with Gasteiger partial charge in [0.2, 0.25) is 0 Å². The number of aromatic nitrogens is 4. The van der Waals surface area contributed by atoms with E-state index in [4.69, 9.17) is 5.26 Å². The van der Waals surface area contributed by atoms with E-state index in [9.17, 15) is 13.2 Å². The Labute approximate surface area is 112 Å². The Kier molecular flexibility index (Phi) is 3.44. The van der Waals surface area contributed by atoms with Gasteiger partial charge in [-0.15, -0.1) is 5.10 Å². The van der Waals surface area contributed by atoms with Gasteiger partial charge in [0.15, 0.2) is 5.82 Å². The standard InChI is InChI=1S/C12H10F3N5/c1-3-11-17-18-19-20(11)10-5-9(12(13,14)15)8(6-16)4-7(10)2/h4-5H,3H2,1-2H3. The zero-order valence-corrected chi connectivity index (χ0v) is 10.7. The van der Waals surface area contributed by atoms with Gasteiger partial charge in [-0.05, 0) is 35.0 Å². The van der Waals surface area contributed by atoms with Crippen molar-refractivity contribution in [1.82, 2.24) is 20.2 Å². The minimum atomic E-state index is -4.60. The molecule has 2 rings (SSSR count). The van der Waals surface area contributed by atoms with Gasteiger partial charge in [-0.25, -0.2) is 0 Å². The normalized spacial score (nSPS) is 11.4. The maximum Gasteiger partial charge on any atom is 0.417 e. The Morgan fingerprint density at radius 1 is 1.35 bits per heavy atom. The number of rotatable bonds is 2. The lowest BCUT2D eigenvalue weighted by Gasteiger charge is -2.13. The fraction of sp³-hybridized carbons (Fsp3) is 0.333. The van der Waals surface area contributed by atoms with E-state index in [-0.39, 0.29) is 5.69 Å². The average molecular weight is 281 g/mol. The van der Waals surface area contributed by atoms with Crippen LogP contribution in [0.15, 0.2) is 12.1 Å². The molecule has 0 N–H and O–H groups in total. The summed E-state index contributed by atoms with van der Waals surface area (Å²) in [6.07, 6.45) is -4.12. The summed E-state index contributed by atoms with van der Waals surface area (Å²) in [4.78, 5) is 0. The first-order valence-corrected chi connectivity index (χ1v) is 5.78. The molecule has 8 heteroatoms. The highest BCUT2D eigenvalue weighted by atomic mass is 19.4. The van der Waals surface area contributed by atoms with Gasteiger partial charge in [-0.1, -0.05) is 6.92 Å². The van der Waals surface area contributed by atoms with Crippen molar-refractivity contribution in [1.29, 1.82) is 5.26 Å². The minimum Gasteiger partial charge on any atom is -0.197 e. The van der Waals surface area contributed by atoms with E-state index in [1.165, 1.54) is 10.7 Å². The van der Waals surface area contributed by atoms with Crippen molar-refractivity contribution in [2.75, 3.05) is 0 Å². The molecule has 0 unspecified atom stereocenters. The van der Waals surface area contributed by atoms with Crippen molar-refractivity contribution in [3.63, 3.8) is 0 Å². The molecule has 1 heterocycles. The summed E-state index contributed by atoms with van der Waals surface area (Å²) in [6.45, 7) is 3.41. The van der Waals surface area contributed by atoms with Crippen molar-refractivity contribution in [3.05, 3.63) is 34.6 Å². The molecule has 1 aromatic heterocycles. The highest BCUT2D eigenvalue weighted by Crippen LogP contribution is 2.34. The minimum absolute atomic E-state index is 0.221. The number of tetrazole rings is 1. The molecule has 1 aromatic carbocycles. The predicted octanol–water partition coefficient (Wildman–Crippen LogP) is 2.42. The second-order valence-corrected chi connectivity index (χ2v) is 4.15. The third-order valence-electron chi connectivity index (χ3n) is 2.84. The molecule has 0 atom stereocenters. The largest absolute Gasteiger partial charge is 0.417 e. The number of halogens is 3. The maximum atomic E-state index is 13.0. The van der Waals surface area contributed by atoms with Crippen LogP contribution in [-0.2, 0) is 12.6 Å². The predicted molar refractivity (Wildman–Crippen MR) is 63.0 cm³/mol. The summed E-state index contributed by atoms with van der Waals surface area (Å²) in [5.74, 6) is 0.450. The van der Waals surface area contributed by atoms with Crippen LogP contribution in [0.5, 0.6) is 0 Å². The molecule has 0 saturated heterocycles. The van der Waals surface area contributed by atoms with E-state index in [1.54, 1.807) is 19.9 Å². The van der Waals surface area contributed by atoms with E-state index in [0.717, 1.165) is 6.07 Å². The molecule has 0 saturated carbocycles. The zero-order chi connectivity index (χ0) is 14.9. The molecule has 0 spiro atoms. The Balaban J connectivity index is 2.70. The fourth-order valence-electron chi connectivity index (χ4n) is 1.87. The molecular formula is C12H10F3N5. The quantitative estimate of drug-likeness (QED) is 0.847. The van der Waals surface area contributed by atoms with Gasteiger partial charge < -0.3 is 0 Å². The van der Waals surface area contributed by atoms with Crippen molar-refractivity contribution >= 4 is 0 Å². The van der Waals surface area contributed by atoms with E-state index in [0.29, 0.717) is 17.8 Å². The number of aryl methyl sites for hydroxylation is 2. The van der Waals surface area contributed by atoms with Crippen LogP contribution in [0.25, 0.3) is 5.69 Å². The van der Waals surface area contributed by atoms with Crippen LogP contribution in [0.1, 0.15) is 29.4 Å².